The average Bonchev–Trinajstić information content (AvgIpc) is 3.43. The number of fused-ring (bicyclic) bond motifs is 1. The second-order valence-corrected chi connectivity index (χ2v) is 15.9. The van der Waals surface area contributed by atoms with Crippen LogP contribution in [-0.2, 0) is 16.9 Å². The molecule has 1 heterocycles. The van der Waals surface area contributed by atoms with Gasteiger partial charge in [-0.3, -0.25) is 4.99 Å². The fraction of sp³-hybridized carbons (Fsp3) is 0.212. The summed E-state index contributed by atoms with van der Waals surface area (Å²) in [5.74, 6) is 0.743. The molecule has 0 spiro atoms. The topological polar surface area (TPSA) is 47.9 Å². The molecule has 0 N–H and O–H groups in total. The smallest absolute Gasteiger partial charge is 0.341 e. The molecule has 4 aromatic rings. The average molecular weight is 552 g/mol. The second kappa shape index (κ2) is 11.2. The quantitative estimate of drug-likeness (QED) is 0.135. The first-order valence-corrected chi connectivity index (χ1v) is 16.0. The largest absolute Gasteiger partial charge is 0.533 e. The van der Waals surface area contributed by atoms with Gasteiger partial charge < -0.3 is 9.16 Å². The maximum absolute atomic E-state index is 13.5. The Kier molecular flexibility index (Phi) is 7.78. The summed E-state index contributed by atoms with van der Waals surface area (Å²) in [6, 6.07) is 33.2. The molecule has 4 aromatic carbocycles. The highest BCUT2D eigenvalue weighted by Crippen LogP contribution is 2.44. The molecule has 0 radical (unpaired) electrons. The molecule has 6 heteroatoms. The molecule has 0 amide bonds. The highest BCUT2D eigenvalue weighted by Gasteiger charge is 2.52. The Morgan fingerprint density at radius 3 is 2.00 bits per heavy atom. The number of carbonyl (C=O) groups excluding carboxylic acids is 1. The van der Waals surface area contributed by atoms with Gasteiger partial charge in [-0.15, -0.1) is 11.8 Å². The number of hydrogen-bond donors (Lipinski definition) is 0. The van der Waals surface area contributed by atoms with E-state index in [0.717, 1.165) is 32.1 Å². The van der Waals surface area contributed by atoms with Crippen LogP contribution in [0.15, 0.2) is 107 Å². The minimum absolute atomic E-state index is 0.252. The molecule has 5 rings (SSSR count). The van der Waals surface area contributed by atoms with Crippen molar-refractivity contribution >= 4 is 48.3 Å². The van der Waals surface area contributed by atoms with Crippen molar-refractivity contribution in [1.82, 2.24) is 0 Å². The van der Waals surface area contributed by atoms with Crippen molar-refractivity contribution in [3.8, 4) is 5.75 Å². The molecule has 0 bridgehead atoms. The summed E-state index contributed by atoms with van der Waals surface area (Å²) < 4.78 is 12.8. The molecule has 39 heavy (non-hydrogen) atoms. The number of esters is 1. The van der Waals surface area contributed by atoms with Gasteiger partial charge in [0.05, 0.1) is 12.8 Å². The van der Waals surface area contributed by atoms with E-state index in [1.165, 1.54) is 7.11 Å². The number of hydrogen-bond acceptors (Lipinski definition) is 5. The normalized spacial score (nSPS) is 12.7. The second-order valence-electron chi connectivity index (χ2n) is 10.6. The molecule has 0 fully saturated rings. The van der Waals surface area contributed by atoms with Crippen LogP contribution in [0.4, 0.5) is 5.69 Å². The lowest BCUT2D eigenvalue weighted by Crippen LogP contribution is -2.69. The minimum atomic E-state index is -2.98. The van der Waals surface area contributed by atoms with Crippen molar-refractivity contribution in [2.45, 2.75) is 42.9 Å². The van der Waals surface area contributed by atoms with E-state index in [1.54, 1.807) is 11.8 Å². The van der Waals surface area contributed by atoms with E-state index in [-0.39, 0.29) is 5.04 Å². The van der Waals surface area contributed by atoms with Crippen LogP contribution < -0.4 is 14.8 Å². The third kappa shape index (κ3) is 5.19. The van der Waals surface area contributed by atoms with Gasteiger partial charge in [0.15, 0.2) is 0 Å². The Hall–Kier alpha value is -3.61. The molecule has 0 atom stereocenters. The summed E-state index contributed by atoms with van der Waals surface area (Å²) in [6.07, 6.45) is 2.62. The number of carbonyl (C=O) groups is 1. The maximum Gasteiger partial charge on any atom is 0.341 e. The standard InChI is InChI=1S/C33H33NO3SSi/c1-33(2,3)39(26-16-10-6-11-17-26,27-18-12-7-13-19-27)37-29-22-24-20-21-34-31(24)28(30(29)32(35)36-4)23-38-25-14-8-5-9-15-25/h5-19,21-22H,20,23H2,1-4H3. The monoisotopic (exact) mass is 551 g/mol. The van der Waals surface area contributed by atoms with Crippen LogP contribution in [0.3, 0.4) is 0 Å². The van der Waals surface area contributed by atoms with E-state index < -0.39 is 14.3 Å². The minimum Gasteiger partial charge on any atom is -0.533 e. The van der Waals surface area contributed by atoms with Gasteiger partial charge in [0.2, 0.25) is 0 Å². The summed E-state index contributed by atoms with van der Waals surface area (Å²) in [4.78, 5) is 19.4. The predicted octanol–water partition coefficient (Wildman–Crippen LogP) is 6.96. The van der Waals surface area contributed by atoms with Crippen molar-refractivity contribution in [1.29, 1.82) is 0 Å². The molecule has 1 aliphatic rings. The van der Waals surface area contributed by atoms with Crippen LogP contribution in [0, 0.1) is 0 Å². The first-order valence-electron chi connectivity index (χ1n) is 13.1. The van der Waals surface area contributed by atoms with Gasteiger partial charge in [-0.2, -0.15) is 0 Å². The molecule has 0 unspecified atom stereocenters. The van der Waals surface area contributed by atoms with Crippen LogP contribution in [0.2, 0.25) is 5.04 Å². The van der Waals surface area contributed by atoms with Crippen molar-refractivity contribution in [3.05, 3.63) is 114 Å². The van der Waals surface area contributed by atoms with Crippen LogP contribution in [-0.4, -0.2) is 27.6 Å². The molecule has 1 aliphatic heterocycles. The third-order valence-electron chi connectivity index (χ3n) is 7.17. The third-order valence-corrected chi connectivity index (χ3v) is 13.1. The lowest BCUT2D eigenvalue weighted by Gasteiger charge is -2.43. The first kappa shape index (κ1) is 27.0. The van der Waals surface area contributed by atoms with Crippen LogP contribution in [0.1, 0.15) is 42.3 Å². The van der Waals surface area contributed by atoms with Crippen molar-refractivity contribution in [2.24, 2.45) is 4.99 Å². The van der Waals surface area contributed by atoms with E-state index in [0.29, 0.717) is 23.5 Å². The molecule has 198 valence electrons. The first-order chi connectivity index (χ1) is 18.8. The molecule has 0 saturated heterocycles. The van der Waals surface area contributed by atoms with E-state index in [2.05, 4.69) is 81.4 Å². The zero-order valence-corrected chi connectivity index (χ0v) is 24.6. The fourth-order valence-electron chi connectivity index (χ4n) is 5.34. The highest BCUT2D eigenvalue weighted by atomic mass is 32.2. The SMILES string of the molecule is COC(=O)c1c(O[Si](c2ccccc2)(c2ccccc2)C(C)(C)C)cc2c(c1CSc1ccccc1)N=CC2. The summed E-state index contributed by atoms with van der Waals surface area (Å²) in [5, 5.41) is 2.05. The number of nitrogens with zero attached hydrogens (tertiary/aromatic N) is 1. The van der Waals surface area contributed by atoms with Gasteiger partial charge in [0.25, 0.3) is 0 Å². The van der Waals surface area contributed by atoms with E-state index in [9.17, 15) is 4.79 Å². The van der Waals surface area contributed by atoms with Crippen LogP contribution in [0.5, 0.6) is 5.75 Å². The van der Waals surface area contributed by atoms with Crippen LogP contribution >= 0.6 is 11.8 Å². The molecule has 4 nitrogen and oxygen atoms in total. The van der Waals surface area contributed by atoms with Gasteiger partial charge >= 0.3 is 14.3 Å². The van der Waals surface area contributed by atoms with Gasteiger partial charge in [-0.25, -0.2) is 4.79 Å². The molecule has 0 saturated carbocycles. The van der Waals surface area contributed by atoms with Crippen molar-refractivity contribution in [2.75, 3.05) is 7.11 Å². The van der Waals surface area contributed by atoms with Gasteiger partial charge in [0, 0.05) is 28.8 Å². The molecule has 0 aromatic heterocycles. The summed E-state index contributed by atoms with van der Waals surface area (Å²) >= 11 is 1.68. The number of methoxy groups -OCH3 is 1. The number of ether oxygens (including phenoxy) is 1. The maximum atomic E-state index is 13.5. The van der Waals surface area contributed by atoms with Gasteiger partial charge in [-0.1, -0.05) is 99.6 Å². The Bertz CT molecular complexity index is 1440. The zero-order chi connectivity index (χ0) is 27.5. The van der Waals surface area contributed by atoms with Crippen molar-refractivity contribution < 1.29 is 14.0 Å². The summed E-state index contributed by atoms with van der Waals surface area (Å²) in [5.41, 5.74) is 3.24. The Balaban J connectivity index is 1.73. The van der Waals surface area contributed by atoms with E-state index in [4.69, 9.17) is 14.2 Å². The van der Waals surface area contributed by atoms with Gasteiger partial charge in [0.1, 0.15) is 11.3 Å². The predicted molar refractivity (Wildman–Crippen MR) is 164 cm³/mol. The molecular weight excluding hydrogens is 519 g/mol. The van der Waals surface area contributed by atoms with Crippen molar-refractivity contribution in [3.63, 3.8) is 0 Å². The van der Waals surface area contributed by atoms with Gasteiger partial charge in [-0.05, 0) is 39.2 Å². The number of aliphatic imine (C=N–C) groups is 1. The highest BCUT2D eigenvalue weighted by molar-refractivity contribution is 7.98. The fourth-order valence-corrected chi connectivity index (χ4v) is 10.7. The summed E-state index contributed by atoms with van der Waals surface area (Å²) in [6.45, 7) is 6.71. The molecular formula is C33H33NO3SSi. The lowest BCUT2D eigenvalue weighted by molar-refractivity contribution is 0.0597. The van der Waals surface area contributed by atoms with E-state index >= 15 is 0 Å². The lowest BCUT2D eigenvalue weighted by atomic mass is 10.0. The Morgan fingerprint density at radius 1 is 0.897 bits per heavy atom. The Labute approximate surface area is 236 Å². The van der Waals surface area contributed by atoms with Crippen LogP contribution in [0.25, 0.3) is 0 Å². The Morgan fingerprint density at radius 2 is 1.46 bits per heavy atom. The number of thioether (sulfide) groups is 1. The summed E-state index contributed by atoms with van der Waals surface area (Å²) in [7, 11) is -1.55. The van der Waals surface area contributed by atoms with E-state index in [1.807, 2.05) is 42.6 Å². The number of rotatable bonds is 8. The zero-order valence-electron chi connectivity index (χ0n) is 22.8. The number of benzene rings is 4. The molecule has 0 aliphatic carbocycles.